The van der Waals surface area contributed by atoms with Gasteiger partial charge in [0.05, 0.1) is 0 Å². The van der Waals surface area contributed by atoms with Gasteiger partial charge in [0.25, 0.3) is 0 Å². The van der Waals surface area contributed by atoms with E-state index in [2.05, 4.69) is 26.3 Å². The molecule has 0 unspecified atom stereocenters. The predicted octanol–water partition coefficient (Wildman–Crippen LogP) is 5.79. The van der Waals surface area contributed by atoms with E-state index < -0.39 is 0 Å². The van der Waals surface area contributed by atoms with Gasteiger partial charge in [-0.05, 0) is 18.2 Å². The molecule has 0 saturated heterocycles. The first-order valence-electron chi connectivity index (χ1n) is 7.04. The zero-order valence-corrected chi connectivity index (χ0v) is 14.4. The summed E-state index contributed by atoms with van der Waals surface area (Å²) in [6.07, 6.45) is 1.50. The van der Waals surface area contributed by atoms with Crippen LogP contribution in [0.25, 0.3) is 0 Å². The Morgan fingerprint density at radius 1 is 0.900 bits per heavy atom. The van der Waals surface area contributed by atoms with Gasteiger partial charge >= 0.3 is 0 Å². The molecule has 0 amide bonds. The molecule has 0 atom stereocenters. The second kappa shape index (κ2) is 43.5. The van der Waals surface area contributed by atoms with Gasteiger partial charge in [0.1, 0.15) is 0 Å². The fourth-order valence-corrected chi connectivity index (χ4v) is 0.453. The number of hydrogen-bond donors (Lipinski definition) is 2. The Labute approximate surface area is 127 Å². The fourth-order valence-electron chi connectivity index (χ4n) is 0.453. The summed E-state index contributed by atoms with van der Waals surface area (Å²) in [5.74, 6) is 0. The van der Waals surface area contributed by atoms with E-state index >= 15 is 0 Å². The smallest absolute Gasteiger partial charge is 0.0313 e. The van der Waals surface area contributed by atoms with E-state index in [1.165, 1.54) is 6.08 Å². The van der Waals surface area contributed by atoms with Gasteiger partial charge in [-0.15, -0.1) is 13.2 Å². The standard InChI is InChI=1S/C6H7N.C4H7N.3C2H6.C2H4/c7-6-4-2-1-3-5-6;1-3-4(2)5;4*1-2/h1-5H,7H2;3H,1-2,5H2;3*1-2H3;1-2H2. The molecule has 1 rings (SSSR count). The van der Waals surface area contributed by atoms with Crippen LogP contribution >= 0.6 is 0 Å². The Morgan fingerprint density at radius 3 is 1.25 bits per heavy atom. The molecule has 0 bridgehead atoms. The summed E-state index contributed by atoms with van der Waals surface area (Å²) in [7, 11) is 0. The maximum absolute atomic E-state index is 5.36. The first-order chi connectivity index (χ1) is 9.66. The van der Waals surface area contributed by atoms with E-state index in [0.29, 0.717) is 5.70 Å². The van der Waals surface area contributed by atoms with Crippen molar-refractivity contribution in [2.24, 2.45) is 5.73 Å². The normalized spacial score (nSPS) is 5.70. The van der Waals surface area contributed by atoms with Gasteiger partial charge < -0.3 is 11.5 Å². The lowest BCUT2D eigenvalue weighted by Gasteiger charge is -1.83. The van der Waals surface area contributed by atoms with E-state index in [1.54, 1.807) is 0 Å². The van der Waals surface area contributed by atoms with E-state index in [1.807, 2.05) is 71.9 Å². The monoisotopic (exact) mass is 280 g/mol. The third-order valence-electron chi connectivity index (χ3n) is 1.06. The summed E-state index contributed by atoms with van der Waals surface area (Å²) in [5, 5.41) is 0. The summed E-state index contributed by atoms with van der Waals surface area (Å²) in [5.41, 5.74) is 11.7. The molecule has 0 saturated carbocycles. The van der Waals surface area contributed by atoms with Crippen molar-refractivity contribution >= 4 is 5.69 Å². The lowest BCUT2D eigenvalue weighted by atomic mass is 10.3. The van der Waals surface area contributed by atoms with Crippen LogP contribution < -0.4 is 11.5 Å². The SMILES string of the molecule is C=C.C=CC(=C)N.CC.CC.CC.Nc1ccccc1. The third-order valence-corrected chi connectivity index (χ3v) is 1.06. The lowest BCUT2D eigenvalue weighted by molar-refractivity contribution is 1.46. The highest BCUT2D eigenvalue weighted by atomic mass is 14.5. The fraction of sp³-hybridized carbons (Fsp3) is 0.333. The zero-order chi connectivity index (χ0) is 17.4. The molecular formula is C18H36N2. The Kier molecular flexibility index (Phi) is 67.0. The van der Waals surface area contributed by atoms with Crippen molar-refractivity contribution in [3.05, 3.63) is 68.4 Å². The molecule has 0 aliphatic heterocycles. The maximum atomic E-state index is 5.36. The van der Waals surface area contributed by atoms with Crippen LogP contribution in [0.5, 0.6) is 0 Å². The summed E-state index contributed by atoms with van der Waals surface area (Å²) >= 11 is 0. The number of para-hydroxylation sites is 1. The van der Waals surface area contributed by atoms with Crippen LogP contribution in [0.4, 0.5) is 5.69 Å². The molecule has 0 radical (unpaired) electrons. The van der Waals surface area contributed by atoms with E-state index in [-0.39, 0.29) is 0 Å². The average Bonchev–Trinajstić information content (AvgIpc) is 2.56. The van der Waals surface area contributed by atoms with Gasteiger partial charge in [0.2, 0.25) is 0 Å². The van der Waals surface area contributed by atoms with Crippen LogP contribution in [0.3, 0.4) is 0 Å². The highest BCUT2D eigenvalue weighted by Crippen LogP contribution is 1.95. The topological polar surface area (TPSA) is 52.0 Å². The molecule has 0 aliphatic rings. The van der Waals surface area contributed by atoms with Crippen molar-refractivity contribution in [2.75, 3.05) is 5.73 Å². The molecule has 0 aliphatic carbocycles. The highest BCUT2D eigenvalue weighted by Gasteiger charge is 1.72. The second-order valence-electron chi connectivity index (χ2n) is 2.19. The van der Waals surface area contributed by atoms with Crippen molar-refractivity contribution in [1.82, 2.24) is 0 Å². The number of nitrogens with two attached hydrogens (primary N) is 2. The van der Waals surface area contributed by atoms with Gasteiger partial charge in [0.15, 0.2) is 0 Å². The van der Waals surface area contributed by atoms with E-state index in [0.717, 1.165) is 5.69 Å². The van der Waals surface area contributed by atoms with Crippen molar-refractivity contribution in [3.8, 4) is 0 Å². The summed E-state index contributed by atoms with van der Waals surface area (Å²) in [4.78, 5) is 0. The van der Waals surface area contributed by atoms with Gasteiger partial charge in [-0.2, -0.15) is 0 Å². The summed E-state index contributed by atoms with van der Waals surface area (Å²) in [6.45, 7) is 24.7. The maximum Gasteiger partial charge on any atom is 0.0313 e. The number of rotatable bonds is 1. The lowest BCUT2D eigenvalue weighted by Crippen LogP contribution is -1.86. The molecule has 2 nitrogen and oxygen atoms in total. The Balaban J connectivity index is -0.0000000514. The molecule has 0 spiro atoms. The van der Waals surface area contributed by atoms with E-state index in [4.69, 9.17) is 11.5 Å². The minimum Gasteiger partial charge on any atom is -0.399 e. The molecule has 0 aromatic heterocycles. The number of nitrogen functional groups attached to an aromatic ring is 1. The minimum absolute atomic E-state index is 0.519. The molecule has 1 aromatic carbocycles. The summed E-state index contributed by atoms with van der Waals surface area (Å²) < 4.78 is 0. The van der Waals surface area contributed by atoms with Crippen molar-refractivity contribution in [3.63, 3.8) is 0 Å². The quantitative estimate of drug-likeness (QED) is 0.388. The molecule has 1 aromatic rings. The van der Waals surface area contributed by atoms with Gasteiger partial charge in [-0.3, -0.25) is 0 Å². The third kappa shape index (κ3) is 56.1. The van der Waals surface area contributed by atoms with Gasteiger partial charge in [0, 0.05) is 11.4 Å². The van der Waals surface area contributed by atoms with Crippen molar-refractivity contribution in [2.45, 2.75) is 41.5 Å². The molecular weight excluding hydrogens is 244 g/mol. The van der Waals surface area contributed by atoms with Gasteiger partial charge in [-0.25, -0.2) is 0 Å². The zero-order valence-electron chi connectivity index (χ0n) is 14.4. The van der Waals surface area contributed by atoms with Crippen LogP contribution in [-0.2, 0) is 0 Å². The van der Waals surface area contributed by atoms with Crippen LogP contribution in [0.1, 0.15) is 41.5 Å². The van der Waals surface area contributed by atoms with Gasteiger partial charge in [-0.1, -0.05) is 72.9 Å². The molecule has 118 valence electrons. The number of hydrogen-bond acceptors (Lipinski definition) is 2. The first-order valence-corrected chi connectivity index (χ1v) is 7.04. The van der Waals surface area contributed by atoms with Crippen molar-refractivity contribution in [1.29, 1.82) is 0 Å². The molecule has 0 heterocycles. The Hall–Kier alpha value is -1.96. The number of allylic oxidation sites excluding steroid dienone is 1. The van der Waals surface area contributed by atoms with Crippen LogP contribution in [0.2, 0.25) is 0 Å². The predicted molar refractivity (Wildman–Crippen MR) is 99.7 cm³/mol. The minimum atomic E-state index is 0.519. The largest absolute Gasteiger partial charge is 0.399 e. The molecule has 2 heteroatoms. The average molecular weight is 280 g/mol. The summed E-state index contributed by atoms with van der Waals surface area (Å²) in [6, 6.07) is 9.49. The number of benzene rings is 1. The highest BCUT2D eigenvalue weighted by molar-refractivity contribution is 5.35. The number of anilines is 1. The Bertz CT molecular complexity index is 253. The van der Waals surface area contributed by atoms with Crippen LogP contribution in [-0.4, -0.2) is 0 Å². The van der Waals surface area contributed by atoms with E-state index in [9.17, 15) is 0 Å². The first kappa shape index (κ1) is 30.8. The van der Waals surface area contributed by atoms with Crippen LogP contribution in [0.15, 0.2) is 68.4 Å². The van der Waals surface area contributed by atoms with Crippen molar-refractivity contribution < 1.29 is 0 Å². The molecule has 4 N–H and O–H groups in total. The molecule has 20 heavy (non-hydrogen) atoms. The Morgan fingerprint density at radius 2 is 1.15 bits per heavy atom. The molecule has 0 fully saturated rings. The second-order valence-corrected chi connectivity index (χ2v) is 2.19. The van der Waals surface area contributed by atoms with Crippen LogP contribution in [0, 0.1) is 0 Å².